The van der Waals surface area contributed by atoms with E-state index in [4.69, 9.17) is 14.2 Å². The fourth-order valence-electron chi connectivity index (χ4n) is 10.8. The zero-order valence-electron chi connectivity index (χ0n) is 47.4. The molecular formula is C60H116N2O11. The Balaban J connectivity index is 2.01. The second-order valence-electron chi connectivity index (χ2n) is 22.5. The van der Waals surface area contributed by atoms with Crippen molar-refractivity contribution >= 4 is 11.8 Å². The van der Waals surface area contributed by atoms with Crippen LogP contribution < -0.4 is 10.6 Å². The first-order valence-electron chi connectivity index (χ1n) is 31.1. The van der Waals surface area contributed by atoms with Crippen LogP contribution in [0.5, 0.6) is 0 Å². The molecule has 4 unspecified atom stereocenters. The van der Waals surface area contributed by atoms with Gasteiger partial charge in [-0.2, -0.15) is 0 Å². The number of carbonyl (C=O) groups excluding carboxylic acids is 2. The highest BCUT2D eigenvalue weighted by Gasteiger charge is 2.50. The van der Waals surface area contributed by atoms with Crippen LogP contribution in [0.25, 0.3) is 0 Å². The Morgan fingerprint density at radius 2 is 0.562 bits per heavy atom. The molecule has 0 aromatic rings. The minimum atomic E-state index is -1.77. The van der Waals surface area contributed by atoms with Crippen molar-refractivity contribution < 1.29 is 54.4 Å². The summed E-state index contributed by atoms with van der Waals surface area (Å²) >= 11 is 0. The topological polar surface area (TPSA) is 207 Å². The van der Waals surface area contributed by atoms with E-state index in [1.54, 1.807) is 0 Å². The number of aliphatic hydroxyl groups is 6. The highest BCUT2D eigenvalue weighted by atomic mass is 16.8. The number of ether oxygens (including phenoxy) is 3. The lowest BCUT2D eigenvalue weighted by atomic mass is 9.92. The minimum absolute atomic E-state index is 0.135. The first-order valence-corrected chi connectivity index (χ1v) is 31.1. The molecule has 0 bridgehead atoms. The molecule has 8 N–H and O–H groups in total. The Bertz CT molecular complexity index is 1160. The van der Waals surface area contributed by atoms with Gasteiger partial charge in [0.15, 0.2) is 12.6 Å². The predicted octanol–water partition coefficient (Wildman–Crippen LogP) is 11.8. The van der Waals surface area contributed by atoms with Crippen LogP contribution in [0.1, 0.15) is 285 Å². The summed E-state index contributed by atoms with van der Waals surface area (Å²) in [5.41, 5.74) is 0. The average Bonchev–Trinajstić information content (AvgIpc) is 3.39. The molecule has 0 saturated carbocycles. The Hall–Kier alpha value is -1.42. The van der Waals surface area contributed by atoms with Crippen molar-refractivity contribution in [2.24, 2.45) is 11.8 Å². The zero-order chi connectivity index (χ0) is 53.3. The SMILES string of the molecule is CCCCCCCCCCCC(CCCCCCCCCCC)C(=O)NCC1O[C@H](O[C@@H]2OC(CNC(=O)C(CCCCCCCCCCC)CCCCCCCCCCC)[C@@H](O)[C@H](O)C2O)C(O)[C@@H](O)[C@@H]1O. The Morgan fingerprint density at radius 1 is 0.342 bits per heavy atom. The third-order valence-electron chi connectivity index (χ3n) is 15.9. The van der Waals surface area contributed by atoms with Crippen molar-refractivity contribution in [3.63, 3.8) is 0 Å². The molecule has 13 heteroatoms. The van der Waals surface area contributed by atoms with Crippen LogP contribution in [0, 0.1) is 11.8 Å². The van der Waals surface area contributed by atoms with Crippen LogP contribution >= 0.6 is 0 Å². The van der Waals surface area contributed by atoms with Gasteiger partial charge in [0, 0.05) is 24.9 Å². The molecule has 2 heterocycles. The molecule has 10 atom stereocenters. The molecule has 13 nitrogen and oxygen atoms in total. The van der Waals surface area contributed by atoms with E-state index in [1.807, 2.05) is 0 Å². The normalized spacial score (nSPS) is 24.4. The number of aliphatic hydroxyl groups excluding tert-OH is 6. The van der Waals surface area contributed by atoms with E-state index >= 15 is 0 Å². The Labute approximate surface area is 446 Å². The van der Waals surface area contributed by atoms with Crippen molar-refractivity contribution in [3.05, 3.63) is 0 Å². The van der Waals surface area contributed by atoms with Crippen LogP contribution in [0.2, 0.25) is 0 Å². The molecular weight excluding hydrogens is 925 g/mol. The van der Waals surface area contributed by atoms with E-state index in [1.165, 1.54) is 154 Å². The number of nitrogens with one attached hydrogen (secondary N) is 2. The molecule has 0 aromatic heterocycles. The summed E-state index contributed by atoms with van der Waals surface area (Å²) in [7, 11) is 0. The standard InChI is InChI=1S/C60H116N2O11/c1-5-9-13-17-21-25-29-33-37-41-47(42-38-34-30-26-22-18-14-10-6-2)57(69)61-45-49-51(63)53(65)55(67)59(71-49)73-60-56(68)54(66)52(64)50(72-60)46-62-58(70)48(43-39-35-31-27-23-19-15-11-7-3)44-40-36-32-28-24-20-16-12-8-4/h47-56,59-60,63-68H,5-46H2,1-4H3,(H,61,69)(H,62,70)/t49?,50?,51-,52-,53+,54+,55?,56?,59-,60+/m1/s1. The summed E-state index contributed by atoms with van der Waals surface area (Å²) in [6.45, 7) is 8.62. The first-order chi connectivity index (χ1) is 35.5. The quantitative estimate of drug-likeness (QED) is 0.0269. The Morgan fingerprint density at radius 3 is 0.795 bits per heavy atom. The van der Waals surface area contributed by atoms with Gasteiger partial charge in [0.2, 0.25) is 11.8 Å². The van der Waals surface area contributed by atoms with Crippen LogP contribution in [-0.2, 0) is 23.8 Å². The van der Waals surface area contributed by atoms with Crippen LogP contribution in [-0.4, -0.2) is 117 Å². The van der Waals surface area contributed by atoms with Gasteiger partial charge in [-0.1, -0.05) is 259 Å². The van der Waals surface area contributed by atoms with Gasteiger partial charge in [-0.3, -0.25) is 9.59 Å². The van der Waals surface area contributed by atoms with Crippen molar-refractivity contribution in [2.45, 2.75) is 346 Å². The van der Waals surface area contributed by atoms with Crippen LogP contribution in [0.3, 0.4) is 0 Å². The van der Waals surface area contributed by atoms with Gasteiger partial charge in [0.1, 0.15) is 48.8 Å². The number of carbonyl (C=O) groups is 2. The number of hydrogen-bond acceptors (Lipinski definition) is 11. The van der Waals surface area contributed by atoms with Gasteiger partial charge in [0.25, 0.3) is 0 Å². The maximum Gasteiger partial charge on any atom is 0.223 e. The second-order valence-corrected chi connectivity index (χ2v) is 22.5. The van der Waals surface area contributed by atoms with Crippen molar-refractivity contribution in [2.75, 3.05) is 13.1 Å². The first kappa shape index (κ1) is 67.7. The summed E-state index contributed by atoms with van der Waals surface area (Å²) in [5, 5.41) is 72.0. The van der Waals surface area contributed by atoms with Crippen molar-refractivity contribution in [1.29, 1.82) is 0 Å². The van der Waals surface area contributed by atoms with Gasteiger partial charge in [-0.05, 0) is 25.7 Å². The number of rotatable bonds is 48. The lowest BCUT2D eigenvalue weighted by Crippen LogP contribution is -2.65. The van der Waals surface area contributed by atoms with E-state index in [-0.39, 0.29) is 36.7 Å². The molecule has 432 valence electrons. The molecule has 0 radical (unpaired) electrons. The van der Waals surface area contributed by atoms with Crippen molar-refractivity contribution in [3.8, 4) is 0 Å². The van der Waals surface area contributed by atoms with E-state index in [0.29, 0.717) is 0 Å². The smallest absolute Gasteiger partial charge is 0.223 e. The van der Waals surface area contributed by atoms with Gasteiger partial charge in [-0.15, -0.1) is 0 Å². The summed E-state index contributed by atoms with van der Waals surface area (Å²) in [4.78, 5) is 27.6. The van der Waals surface area contributed by atoms with E-state index in [0.717, 1.165) is 103 Å². The lowest BCUT2D eigenvalue weighted by molar-refractivity contribution is -0.372. The fourth-order valence-corrected chi connectivity index (χ4v) is 10.8. The fraction of sp³-hybridized carbons (Fsp3) is 0.967. The number of amides is 2. The summed E-state index contributed by atoms with van der Waals surface area (Å²) in [6, 6.07) is 0. The maximum absolute atomic E-state index is 13.8. The minimum Gasteiger partial charge on any atom is -0.388 e. The monoisotopic (exact) mass is 1040 g/mol. The third-order valence-corrected chi connectivity index (χ3v) is 15.9. The highest BCUT2D eigenvalue weighted by Crippen LogP contribution is 2.29. The summed E-state index contributed by atoms with van der Waals surface area (Å²) < 4.78 is 17.9. The average molecular weight is 1040 g/mol. The van der Waals surface area contributed by atoms with Crippen LogP contribution in [0.15, 0.2) is 0 Å². The molecule has 0 spiro atoms. The number of hydrogen-bond donors (Lipinski definition) is 8. The van der Waals surface area contributed by atoms with E-state index < -0.39 is 61.4 Å². The molecule has 2 saturated heterocycles. The molecule has 2 aliphatic rings. The molecule has 0 aliphatic carbocycles. The lowest BCUT2D eigenvalue weighted by Gasteiger charge is -2.45. The van der Waals surface area contributed by atoms with E-state index in [2.05, 4.69) is 38.3 Å². The van der Waals surface area contributed by atoms with Gasteiger partial charge < -0.3 is 55.5 Å². The maximum atomic E-state index is 13.8. The summed E-state index contributed by atoms with van der Waals surface area (Å²) in [5.74, 6) is -0.670. The predicted molar refractivity (Wildman–Crippen MR) is 295 cm³/mol. The van der Waals surface area contributed by atoms with Crippen molar-refractivity contribution in [1.82, 2.24) is 10.6 Å². The molecule has 2 fully saturated rings. The molecule has 2 aliphatic heterocycles. The second kappa shape index (κ2) is 44.5. The molecule has 2 rings (SSSR count). The van der Waals surface area contributed by atoms with Gasteiger partial charge in [-0.25, -0.2) is 0 Å². The van der Waals surface area contributed by atoms with E-state index in [9.17, 15) is 40.2 Å². The summed E-state index contributed by atoms with van der Waals surface area (Å²) in [6.07, 6.45) is 30.5. The zero-order valence-corrected chi connectivity index (χ0v) is 47.4. The van der Waals surface area contributed by atoms with Gasteiger partial charge >= 0.3 is 0 Å². The molecule has 2 amide bonds. The number of unbranched alkanes of at least 4 members (excludes halogenated alkanes) is 32. The highest BCUT2D eigenvalue weighted by molar-refractivity contribution is 5.79. The third kappa shape index (κ3) is 30.4. The Kier molecular flexibility index (Phi) is 41.3. The molecule has 73 heavy (non-hydrogen) atoms. The molecule has 0 aromatic carbocycles. The van der Waals surface area contributed by atoms with Crippen LogP contribution in [0.4, 0.5) is 0 Å². The van der Waals surface area contributed by atoms with Gasteiger partial charge in [0.05, 0.1) is 0 Å². The largest absolute Gasteiger partial charge is 0.388 e.